The predicted molar refractivity (Wildman–Crippen MR) is 105 cm³/mol. The first-order valence-corrected chi connectivity index (χ1v) is 9.49. The SMILES string of the molecule is COc1ccc(C[NH+]2CCN(C(=O)COc3cc(C)cc(C)c3)CC2)cc1. The van der Waals surface area contributed by atoms with E-state index in [9.17, 15) is 4.79 Å². The highest BCUT2D eigenvalue weighted by molar-refractivity contribution is 5.77. The van der Waals surface area contributed by atoms with Crippen molar-refractivity contribution in [1.29, 1.82) is 0 Å². The lowest BCUT2D eigenvalue weighted by Gasteiger charge is -2.32. The fourth-order valence-electron chi connectivity index (χ4n) is 3.53. The Labute approximate surface area is 161 Å². The molecule has 0 aromatic heterocycles. The van der Waals surface area contributed by atoms with Crippen molar-refractivity contribution in [3.63, 3.8) is 0 Å². The van der Waals surface area contributed by atoms with Crippen LogP contribution in [0.1, 0.15) is 16.7 Å². The number of hydrogen-bond donors (Lipinski definition) is 1. The van der Waals surface area contributed by atoms with Crippen LogP contribution in [-0.4, -0.2) is 50.7 Å². The smallest absolute Gasteiger partial charge is 0.260 e. The van der Waals surface area contributed by atoms with E-state index >= 15 is 0 Å². The van der Waals surface area contributed by atoms with Gasteiger partial charge in [-0.25, -0.2) is 0 Å². The average Bonchev–Trinajstić information content (AvgIpc) is 2.66. The van der Waals surface area contributed by atoms with Gasteiger partial charge < -0.3 is 19.3 Å². The summed E-state index contributed by atoms with van der Waals surface area (Å²) in [7, 11) is 1.68. The van der Waals surface area contributed by atoms with Gasteiger partial charge in [-0.05, 0) is 61.4 Å². The minimum Gasteiger partial charge on any atom is -0.497 e. The van der Waals surface area contributed by atoms with Crippen molar-refractivity contribution < 1.29 is 19.2 Å². The Morgan fingerprint density at radius 2 is 1.63 bits per heavy atom. The lowest BCUT2D eigenvalue weighted by molar-refractivity contribution is -0.917. The van der Waals surface area contributed by atoms with Gasteiger partial charge in [-0.1, -0.05) is 6.07 Å². The number of rotatable bonds is 6. The predicted octanol–water partition coefficient (Wildman–Crippen LogP) is 1.62. The Bertz CT molecular complexity index is 745. The quantitative estimate of drug-likeness (QED) is 0.842. The van der Waals surface area contributed by atoms with Gasteiger partial charge in [0.2, 0.25) is 0 Å². The van der Waals surface area contributed by atoms with Crippen LogP contribution in [0.5, 0.6) is 11.5 Å². The number of amides is 1. The van der Waals surface area contributed by atoms with Crippen molar-refractivity contribution in [2.75, 3.05) is 39.9 Å². The molecule has 0 bridgehead atoms. The molecular formula is C22H29N2O3+. The Morgan fingerprint density at radius 1 is 1.00 bits per heavy atom. The third-order valence-electron chi connectivity index (χ3n) is 4.99. The van der Waals surface area contributed by atoms with E-state index in [1.165, 1.54) is 10.5 Å². The summed E-state index contributed by atoms with van der Waals surface area (Å²) in [6.45, 7) is 8.63. The molecule has 0 aliphatic carbocycles. The van der Waals surface area contributed by atoms with E-state index < -0.39 is 0 Å². The third kappa shape index (κ3) is 5.47. The molecule has 144 valence electrons. The monoisotopic (exact) mass is 369 g/mol. The van der Waals surface area contributed by atoms with Gasteiger partial charge in [0, 0.05) is 5.56 Å². The van der Waals surface area contributed by atoms with Crippen LogP contribution < -0.4 is 14.4 Å². The molecule has 0 saturated carbocycles. The molecule has 3 rings (SSSR count). The van der Waals surface area contributed by atoms with Gasteiger partial charge in [-0.15, -0.1) is 0 Å². The van der Waals surface area contributed by atoms with Crippen LogP contribution in [0.2, 0.25) is 0 Å². The number of nitrogens with one attached hydrogen (secondary N) is 1. The van der Waals surface area contributed by atoms with Crippen LogP contribution in [0, 0.1) is 13.8 Å². The molecule has 1 aliphatic heterocycles. The zero-order valence-electron chi connectivity index (χ0n) is 16.5. The molecule has 1 fully saturated rings. The van der Waals surface area contributed by atoms with E-state index in [0.29, 0.717) is 0 Å². The third-order valence-corrected chi connectivity index (χ3v) is 4.99. The van der Waals surface area contributed by atoms with Gasteiger partial charge in [0.1, 0.15) is 18.0 Å². The summed E-state index contributed by atoms with van der Waals surface area (Å²) in [5.41, 5.74) is 3.59. The summed E-state index contributed by atoms with van der Waals surface area (Å²) < 4.78 is 10.9. The number of hydrogen-bond acceptors (Lipinski definition) is 3. The maximum atomic E-state index is 12.5. The van der Waals surface area contributed by atoms with Gasteiger partial charge in [0.15, 0.2) is 6.61 Å². The minimum atomic E-state index is 0.0673. The molecule has 5 nitrogen and oxygen atoms in total. The highest BCUT2D eigenvalue weighted by atomic mass is 16.5. The van der Waals surface area contributed by atoms with Crippen molar-refractivity contribution in [3.05, 3.63) is 59.2 Å². The molecule has 0 unspecified atom stereocenters. The molecule has 2 aromatic rings. The van der Waals surface area contributed by atoms with Crippen LogP contribution in [0.3, 0.4) is 0 Å². The number of quaternary nitrogens is 1. The van der Waals surface area contributed by atoms with E-state index in [0.717, 1.165) is 55.3 Å². The normalized spacial score (nSPS) is 14.9. The topological polar surface area (TPSA) is 43.2 Å². The Hall–Kier alpha value is -2.53. The van der Waals surface area contributed by atoms with E-state index in [-0.39, 0.29) is 12.5 Å². The molecule has 5 heteroatoms. The van der Waals surface area contributed by atoms with Crippen LogP contribution in [0.25, 0.3) is 0 Å². The zero-order valence-corrected chi connectivity index (χ0v) is 16.5. The Kier molecular flexibility index (Phi) is 6.35. The highest BCUT2D eigenvalue weighted by Gasteiger charge is 2.24. The molecule has 27 heavy (non-hydrogen) atoms. The van der Waals surface area contributed by atoms with Crippen molar-refractivity contribution in [2.24, 2.45) is 0 Å². The first-order valence-electron chi connectivity index (χ1n) is 9.49. The highest BCUT2D eigenvalue weighted by Crippen LogP contribution is 2.16. The number of benzene rings is 2. The van der Waals surface area contributed by atoms with Crippen LogP contribution >= 0.6 is 0 Å². The maximum absolute atomic E-state index is 12.5. The van der Waals surface area contributed by atoms with Gasteiger partial charge in [0.05, 0.1) is 33.3 Å². The maximum Gasteiger partial charge on any atom is 0.260 e. The molecule has 1 amide bonds. The standard InChI is InChI=1S/C22H28N2O3/c1-17-12-18(2)14-21(13-17)27-16-22(25)24-10-8-23(9-11-24)15-19-4-6-20(26-3)7-5-19/h4-7,12-14H,8-11,15-16H2,1-3H3/p+1. The molecule has 0 atom stereocenters. The molecular weight excluding hydrogens is 340 g/mol. The molecule has 0 spiro atoms. The van der Waals surface area contributed by atoms with Crippen molar-refractivity contribution in [1.82, 2.24) is 4.90 Å². The number of carbonyl (C=O) groups is 1. The van der Waals surface area contributed by atoms with Crippen LogP contribution in [-0.2, 0) is 11.3 Å². The summed E-state index contributed by atoms with van der Waals surface area (Å²) in [6, 6.07) is 14.3. The van der Waals surface area contributed by atoms with Crippen molar-refractivity contribution >= 4 is 5.91 Å². The second-order valence-electron chi connectivity index (χ2n) is 7.27. The first-order chi connectivity index (χ1) is 13.0. The van der Waals surface area contributed by atoms with Crippen molar-refractivity contribution in [3.8, 4) is 11.5 Å². The zero-order chi connectivity index (χ0) is 19.2. The fraction of sp³-hybridized carbons (Fsp3) is 0.409. The van der Waals surface area contributed by atoms with E-state index in [1.807, 2.05) is 43.0 Å². The molecule has 0 radical (unpaired) electrons. The number of methoxy groups -OCH3 is 1. The van der Waals surface area contributed by atoms with Gasteiger partial charge in [-0.2, -0.15) is 0 Å². The van der Waals surface area contributed by atoms with E-state index in [4.69, 9.17) is 9.47 Å². The Balaban J connectivity index is 1.44. The number of nitrogens with zero attached hydrogens (tertiary/aromatic N) is 1. The molecule has 1 heterocycles. The molecule has 1 aliphatic rings. The largest absolute Gasteiger partial charge is 0.497 e. The summed E-state index contributed by atoms with van der Waals surface area (Å²) in [4.78, 5) is 15.9. The first kappa shape index (κ1) is 19.2. The van der Waals surface area contributed by atoms with E-state index in [2.05, 4.69) is 18.2 Å². The van der Waals surface area contributed by atoms with Gasteiger partial charge in [0.25, 0.3) is 5.91 Å². The molecule has 1 saturated heterocycles. The molecule has 2 aromatic carbocycles. The minimum absolute atomic E-state index is 0.0673. The molecule has 1 N–H and O–H groups in total. The summed E-state index contributed by atoms with van der Waals surface area (Å²) in [6.07, 6.45) is 0. The number of ether oxygens (including phenoxy) is 2. The van der Waals surface area contributed by atoms with E-state index in [1.54, 1.807) is 7.11 Å². The fourth-order valence-corrected chi connectivity index (χ4v) is 3.53. The Morgan fingerprint density at radius 3 is 2.22 bits per heavy atom. The summed E-state index contributed by atoms with van der Waals surface area (Å²) in [5.74, 6) is 1.72. The average molecular weight is 369 g/mol. The van der Waals surface area contributed by atoms with Crippen LogP contribution in [0.15, 0.2) is 42.5 Å². The lowest BCUT2D eigenvalue weighted by atomic mass is 10.1. The lowest BCUT2D eigenvalue weighted by Crippen LogP contribution is -3.13. The summed E-state index contributed by atoms with van der Waals surface area (Å²) in [5, 5.41) is 0. The number of piperazine rings is 1. The second-order valence-corrected chi connectivity index (χ2v) is 7.27. The summed E-state index contributed by atoms with van der Waals surface area (Å²) >= 11 is 0. The number of carbonyl (C=O) groups excluding carboxylic acids is 1. The van der Waals surface area contributed by atoms with Gasteiger partial charge >= 0.3 is 0 Å². The number of aryl methyl sites for hydroxylation is 2. The van der Waals surface area contributed by atoms with Crippen molar-refractivity contribution in [2.45, 2.75) is 20.4 Å². The van der Waals surface area contributed by atoms with Gasteiger partial charge in [-0.3, -0.25) is 4.79 Å². The second kappa shape index (κ2) is 8.91. The van der Waals surface area contributed by atoms with Crippen LogP contribution in [0.4, 0.5) is 0 Å².